The van der Waals surface area contributed by atoms with Crippen LogP contribution in [-0.4, -0.2) is 33.9 Å². The number of carbonyl (C=O) groups excluding carboxylic acids is 2. The van der Waals surface area contributed by atoms with Crippen molar-refractivity contribution in [2.45, 2.75) is 12.2 Å². The fourth-order valence-corrected chi connectivity index (χ4v) is 0.338. The maximum atomic E-state index is 9.94. The Morgan fingerprint density at radius 1 is 1.56 bits per heavy atom. The van der Waals surface area contributed by atoms with Gasteiger partial charge in [-0.25, -0.2) is 0 Å². The van der Waals surface area contributed by atoms with Crippen LogP contribution in [0.5, 0.6) is 0 Å². The van der Waals surface area contributed by atoms with E-state index in [0.717, 1.165) is 0 Å². The van der Waals surface area contributed by atoms with Gasteiger partial charge in [0.25, 0.3) is 5.24 Å². The Morgan fingerprint density at radius 2 is 2.00 bits per heavy atom. The van der Waals surface area contributed by atoms with Gasteiger partial charge in [-0.05, 0) is 11.6 Å². The van der Waals surface area contributed by atoms with Gasteiger partial charge in [-0.3, -0.25) is 4.79 Å². The second-order valence-electron chi connectivity index (χ2n) is 1.38. The minimum absolute atomic E-state index is 0.0327. The molecule has 0 aromatic heterocycles. The maximum Gasteiger partial charge on any atom is 0.253 e. The van der Waals surface area contributed by atoms with Gasteiger partial charge in [0.1, 0.15) is 6.10 Å². The van der Waals surface area contributed by atoms with Crippen molar-refractivity contribution in [1.82, 2.24) is 0 Å². The van der Waals surface area contributed by atoms with Crippen molar-refractivity contribution in [2.24, 2.45) is 0 Å². The van der Waals surface area contributed by atoms with Crippen LogP contribution in [0.4, 0.5) is 0 Å². The Kier molecular flexibility index (Phi) is 3.37. The molecule has 0 aliphatic carbocycles. The molecule has 2 unspecified atom stereocenters. The lowest BCUT2D eigenvalue weighted by atomic mass is 10.2. The van der Waals surface area contributed by atoms with E-state index < -0.39 is 17.5 Å². The molecule has 0 aromatic carbocycles. The third kappa shape index (κ3) is 2.55. The molecule has 0 aliphatic heterocycles. The topological polar surface area (TPSA) is 74.6 Å². The molecule has 0 spiro atoms. The summed E-state index contributed by atoms with van der Waals surface area (Å²) in [7, 11) is 0. The Labute approximate surface area is 56.0 Å². The molecule has 0 fully saturated rings. The molecule has 0 radical (unpaired) electrons. The molecule has 0 heterocycles. The SMILES string of the molecule is O=CC(O)C(O)C(=O)Cl. The van der Waals surface area contributed by atoms with E-state index in [0.29, 0.717) is 0 Å². The fourth-order valence-electron chi connectivity index (χ4n) is 0.209. The molecule has 0 saturated heterocycles. The molecule has 2 N–H and O–H groups in total. The monoisotopic (exact) mass is 152 g/mol. The minimum Gasteiger partial charge on any atom is -0.382 e. The predicted octanol–water partition coefficient (Wildman–Crippen LogP) is -1.33. The minimum atomic E-state index is -1.80. The first-order valence-electron chi connectivity index (χ1n) is 2.10. The lowest BCUT2D eigenvalue weighted by Gasteiger charge is -2.04. The largest absolute Gasteiger partial charge is 0.382 e. The molecule has 5 heteroatoms. The van der Waals surface area contributed by atoms with Crippen molar-refractivity contribution in [1.29, 1.82) is 0 Å². The summed E-state index contributed by atoms with van der Waals surface area (Å²) < 4.78 is 0. The summed E-state index contributed by atoms with van der Waals surface area (Å²) in [5, 5.41) is 15.7. The quantitative estimate of drug-likeness (QED) is 0.388. The van der Waals surface area contributed by atoms with Gasteiger partial charge < -0.3 is 15.0 Å². The van der Waals surface area contributed by atoms with Crippen LogP contribution in [0.3, 0.4) is 0 Å². The van der Waals surface area contributed by atoms with Crippen LogP contribution in [0.2, 0.25) is 0 Å². The Morgan fingerprint density at radius 3 is 2.11 bits per heavy atom. The third-order valence-corrected chi connectivity index (χ3v) is 0.919. The maximum absolute atomic E-state index is 9.94. The molecule has 52 valence electrons. The Hall–Kier alpha value is -0.450. The number of hydrogen-bond donors (Lipinski definition) is 2. The van der Waals surface area contributed by atoms with E-state index in [-0.39, 0.29) is 6.29 Å². The number of rotatable bonds is 3. The van der Waals surface area contributed by atoms with Crippen LogP contribution in [0.25, 0.3) is 0 Å². The summed E-state index contributed by atoms with van der Waals surface area (Å²) in [5.41, 5.74) is 0. The van der Waals surface area contributed by atoms with Gasteiger partial charge in [0, 0.05) is 0 Å². The molecule has 4 nitrogen and oxygen atoms in total. The number of aldehydes is 1. The van der Waals surface area contributed by atoms with Crippen LogP contribution in [0.1, 0.15) is 0 Å². The van der Waals surface area contributed by atoms with E-state index >= 15 is 0 Å². The molecule has 9 heavy (non-hydrogen) atoms. The molecule has 0 bridgehead atoms. The zero-order valence-corrected chi connectivity index (χ0v) is 5.08. The number of aliphatic hydroxyl groups excluding tert-OH is 2. The predicted molar refractivity (Wildman–Crippen MR) is 28.9 cm³/mol. The van der Waals surface area contributed by atoms with E-state index in [4.69, 9.17) is 21.8 Å². The van der Waals surface area contributed by atoms with Crippen molar-refractivity contribution in [3.63, 3.8) is 0 Å². The van der Waals surface area contributed by atoms with E-state index in [2.05, 4.69) is 0 Å². The summed E-state index contributed by atoms with van der Waals surface area (Å²) in [6, 6.07) is 0. The number of hydrogen-bond acceptors (Lipinski definition) is 4. The van der Waals surface area contributed by atoms with Crippen LogP contribution >= 0.6 is 11.6 Å². The van der Waals surface area contributed by atoms with Crippen molar-refractivity contribution >= 4 is 23.1 Å². The van der Waals surface area contributed by atoms with E-state index in [9.17, 15) is 9.59 Å². The smallest absolute Gasteiger partial charge is 0.253 e. The van der Waals surface area contributed by atoms with Gasteiger partial charge in [-0.15, -0.1) is 0 Å². The summed E-state index contributed by atoms with van der Waals surface area (Å²) in [6.07, 6.45) is -3.48. The molecule has 0 aromatic rings. The molecular formula is C4H5ClO4. The van der Waals surface area contributed by atoms with E-state index in [1.165, 1.54) is 0 Å². The second-order valence-corrected chi connectivity index (χ2v) is 1.75. The summed E-state index contributed by atoms with van der Waals surface area (Å²) in [6.45, 7) is 0. The number of carbonyl (C=O) groups is 2. The van der Waals surface area contributed by atoms with Crippen LogP contribution in [-0.2, 0) is 9.59 Å². The first kappa shape index (κ1) is 8.55. The highest BCUT2D eigenvalue weighted by Crippen LogP contribution is 1.94. The highest BCUT2D eigenvalue weighted by atomic mass is 35.5. The standard InChI is InChI=1S/C4H5ClO4/c5-4(9)3(8)2(7)1-6/h1-3,7-8H. The van der Waals surface area contributed by atoms with Gasteiger partial charge in [0.15, 0.2) is 12.4 Å². The average Bonchev–Trinajstić information content (AvgIpc) is 1.84. The van der Waals surface area contributed by atoms with E-state index in [1.54, 1.807) is 0 Å². The van der Waals surface area contributed by atoms with Gasteiger partial charge in [0.05, 0.1) is 0 Å². The first-order valence-corrected chi connectivity index (χ1v) is 2.48. The van der Waals surface area contributed by atoms with Crippen LogP contribution in [0.15, 0.2) is 0 Å². The van der Waals surface area contributed by atoms with E-state index in [1.807, 2.05) is 0 Å². The van der Waals surface area contributed by atoms with Crippen molar-refractivity contribution in [3.8, 4) is 0 Å². The summed E-state index contributed by atoms with van der Waals surface area (Å²) in [5.74, 6) is 0. The van der Waals surface area contributed by atoms with Crippen molar-refractivity contribution in [2.75, 3.05) is 0 Å². The normalized spacial score (nSPS) is 16.3. The van der Waals surface area contributed by atoms with Crippen LogP contribution in [0, 0.1) is 0 Å². The van der Waals surface area contributed by atoms with Gasteiger partial charge in [0.2, 0.25) is 0 Å². The van der Waals surface area contributed by atoms with Gasteiger partial charge >= 0.3 is 0 Å². The number of aliphatic hydroxyl groups is 2. The zero-order chi connectivity index (χ0) is 7.44. The highest BCUT2D eigenvalue weighted by molar-refractivity contribution is 6.64. The van der Waals surface area contributed by atoms with Crippen molar-refractivity contribution < 1.29 is 19.8 Å². The summed E-state index contributed by atoms with van der Waals surface area (Å²) >= 11 is 4.69. The lowest BCUT2D eigenvalue weighted by molar-refractivity contribution is -0.131. The average molecular weight is 153 g/mol. The third-order valence-electron chi connectivity index (χ3n) is 0.695. The molecular weight excluding hydrogens is 147 g/mol. The zero-order valence-electron chi connectivity index (χ0n) is 4.32. The summed E-state index contributed by atoms with van der Waals surface area (Å²) in [4.78, 5) is 19.6. The Balaban J connectivity index is 3.86. The van der Waals surface area contributed by atoms with Gasteiger partial charge in [-0.2, -0.15) is 0 Å². The van der Waals surface area contributed by atoms with Crippen molar-refractivity contribution in [3.05, 3.63) is 0 Å². The highest BCUT2D eigenvalue weighted by Gasteiger charge is 2.20. The molecule has 2 atom stereocenters. The molecule has 0 aliphatic rings. The Bertz CT molecular complexity index is 124. The first-order chi connectivity index (χ1) is 4.09. The number of halogens is 1. The fraction of sp³-hybridized carbons (Fsp3) is 0.500. The lowest BCUT2D eigenvalue weighted by Crippen LogP contribution is -2.32. The van der Waals surface area contributed by atoms with Crippen LogP contribution < -0.4 is 0 Å². The second kappa shape index (κ2) is 3.55. The molecule has 0 amide bonds. The molecule has 0 saturated carbocycles. The molecule has 0 rings (SSSR count). The van der Waals surface area contributed by atoms with Gasteiger partial charge in [-0.1, -0.05) is 0 Å².